The van der Waals surface area contributed by atoms with Crippen LogP contribution in [0.25, 0.3) is 0 Å². The van der Waals surface area contributed by atoms with E-state index < -0.39 is 10.1 Å². The summed E-state index contributed by atoms with van der Waals surface area (Å²) in [6.07, 6.45) is 1.46. The SMILES string of the molecule is COc1cccc[n+]1OS(=O)(=O)c1ccc(C)cc1. The number of pyridine rings is 1. The van der Waals surface area contributed by atoms with Crippen molar-refractivity contribution in [1.82, 2.24) is 0 Å². The zero-order chi connectivity index (χ0) is 13.9. The zero-order valence-electron chi connectivity index (χ0n) is 10.6. The van der Waals surface area contributed by atoms with Crippen LogP contribution in [-0.2, 0) is 10.1 Å². The summed E-state index contributed by atoms with van der Waals surface area (Å²) in [5.74, 6) is 0.290. The van der Waals surface area contributed by atoms with E-state index in [1.54, 1.807) is 30.3 Å². The number of aryl methyl sites for hydroxylation is 1. The summed E-state index contributed by atoms with van der Waals surface area (Å²) in [6.45, 7) is 1.88. The van der Waals surface area contributed by atoms with Gasteiger partial charge in [0, 0.05) is 6.07 Å². The van der Waals surface area contributed by atoms with Crippen molar-refractivity contribution in [3.63, 3.8) is 0 Å². The molecule has 0 saturated carbocycles. The second kappa shape index (κ2) is 5.27. The largest absolute Gasteiger partial charge is 0.445 e. The van der Waals surface area contributed by atoms with Gasteiger partial charge < -0.3 is 4.74 Å². The van der Waals surface area contributed by atoms with Crippen molar-refractivity contribution in [2.75, 3.05) is 7.11 Å². The second-order valence-electron chi connectivity index (χ2n) is 3.91. The van der Waals surface area contributed by atoms with E-state index in [-0.39, 0.29) is 10.8 Å². The van der Waals surface area contributed by atoms with E-state index >= 15 is 0 Å². The van der Waals surface area contributed by atoms with Crippen LogP contribution in [0.15, 0.2) is 53.6 Å². The lowest BCUT2D eigenvalue weighted by Crippen LogP contribution is -2.46. The summed E-state index contributed by atoms with van der Waals surface area (Å²) in [7, 11) is -2.44. The van der Waals surface area contributed by atoms with Crippen LogP contribution in [0.5, 0.6) is 5.88 Å². The van der Waals surface area contributed by atoms with E-state index in [1.807, 2.05) is 6.92 Å². The molecule has 0 aliphatic heterocycles. The van der Waals surface area contributed by atoms with Crippen molar-refractivity contribution in [2.45, 2.75) is 11.8 Å². The van der Waals surface area contributed by atoms with E-state index in [4.69, 9.17) is 9.02 Å². The molecule has 0 saturated heterocycles. The molecule has 2 aromatic rings. The minimum atomic E-state index is -3.88. The summed E-state index contributed by atoms with van der Waals surface area (Å²) in [4.78, 5) is 0.0940. The highest BCUT2D eigenvalue weighted by Crippen LogP contribution is 2.11. The first-order valence-electron chi connectivity index (χ1n) is 5.59. The van der Waals surface area contributed by atoms with Gasteiger partial charge in [0.05, 0.1) is 17.9 Å². The summed E-state index contributed by atoms with van der Waals surface area (Å²) >= 11 is 0. The Hall–Kier alpha value is -2.08. The zero-order valence-corrected chi connectivity index (χ0v) is 11.4. The van der Waals surface area contributed by atoms with Gasteiger partial charge in [-0.25, -0.2) is 0 Å². The third-order valence-electron chi connectivity index (χ3n) is 2.49. The Morgan fingerprint density at radius 1 is 1.05 bits per heavy atom. The molecule has 0 N–H and O–H groups in total. The van der Waals surface area contributed by atoms with Gasteiger partial charge in [0.15, 0.2) is 0 Å². The highest BCUT2D eigenvalue weighted by Gasteiger charge is 2.24. The van der Waals surface area contributed by atoms with Crippen LogP contribution in [0.4, 0.5) is 0 Å². The lowest BCUT2D eigenvalue weighted by molar-refractivity contribution is -0.858. The maximum absolute atomic E-state index is 12.1. The molecule has 0 unspecified atom stereocenters. The highest BCUT2D eigenvalue weighted by molar-refractivity contribution is 7.86. The molecule has 1 heterocycles. The van der Waals surface area contributed by atoms with E-state index in [0.29, 0.717) is 0 Å². The third kappa shape index (κ3) is 3.03. The predicted octanol–water partition coefficient (Wildman–Crippen LogP) is 1.11. The molecular formula is C13H14NO4S+. The molecule has 0 fully saturated rings. The lowest BCUT2D eigenvalue weighted by Gasteiger charge is -2.02. The number of ether oxygens (including phenoxy) is 1. The number of hydrogen-bond donors (Lipinski definition) is 0. The van der Waals surface area contributed by atoms with Crippen molar-refractivity contribution in [1.29, 1.82) is 0 Å². The molecule has 0 radical (unpaired) electrons. The van der Waals surface area contributed by atoms with Crippen molar-refractivity contribution < 1.29 is 22.2 Å². The van der Waals surface area contributed by atoms with E-state index in [9.17, 15) is 8.42 Å². The normalized spacial score (nSPS) is 11.1. The average Bonchev–Trinajstić information content (AvgIpc) is 2.39. The summed E-state index contributed by atoms with van der Waals surface area (Å²) in [6, 6.07) is 11.4. The van der Waals surface area contributed by atoms with Gasteiger partial charge in [-0.05, 0) is 25.1 Å². The molecule has 0 spiro atoms. The van der Waals surface area contributed by atoms with Crippen molar-refractivity contribution in [2.24, 2.45) is 0 Å². The van der Waals surface area contributed by atoms with Crippen LogP contribution < -0.4 is 13.8 Å². The molecule has 2 rings (SSSR count). The molecule has 0 amide bonds. The fourth-order valence-electron chi connectivity index (χ4n) is 1.49. The van der Waals surface area contributed by atoms with Gasteiger partial charge in [-0.1, -0.05) is 17.7 Å². The fraction of sp³-hybridized carbons (Fsp3) is 0.154. The number of methoxy groups -OCH3 is 1. The van der Waals surface area contributed by atoms with E-state index in [1.165, 1.54) is 25.4 Å². The first-order chi connectivity index (χ1) is 9.03. The van der Waals surface area contributed by atoms with Gasteiger partial charge in [-0.15, -0.1) is 4.28 Å². The Labute approximate surface area is 112 Å². The van der Waals surface area contributed by atoms with Gasteiger partial charge in [0.1, 0.15) is 4.90 Å². The maximum Gasteiger partial charge on any atom is 0.418 e. The first kappa shape index (κ1) is 13.4. The Bertz CT molecular complexity index is 665. The topological polar surface area (TPSA) is 56.5 Å². The Morgan fingerprint density at radius 2 is 1.74 bits per heavy atom. The summed E-state index contributed by atoms with van der Waals surface area (Å²) < 4.78 is 35.3. The second-order valence-corrected chi connectivity index (χ2v) is 5.44. The summed E-state index contributed by atoms with van der Waals surface area (Å²) in [5, 5.41) is 0. The lowest BCUT2D eigenvalue weighted by atomic mass is 10.2. The quantitative estimate of drug-likeness (QED) is 0.787. The fourth-order valence-corrected chi connectivity index (χ4v) is 2.38. The average molecular weight is 280 g/mol. The highest BCUT2D eigenvalue weighted by atomic mass is 32.2. The smallest absolute Gasteiger partial charge is 0.418 e. The predicted molar refractivity (Wildman–Crippen MR) is 68.1 cm³/mol. The molecule has 100 valence electrons. The van der Waals surface area contributed by atoms with Gasteiger partial charge in [-0.2, -0.15) is 8.42 Å². The van der Waals surface area contributed by atoms with E-state index in [0.717, 1.165) is 10.3 Å². The van der Waals surface area contributed by atoms with Crippen molar-refractivity contribution in [3.05, 3.63) is 54.2 Å². The Balaban J connectivity index is 2.34. The van der Waals surface area contributed by atoms with Crippen LogP contribution in [0.1, 0.15) is 5.56 Å². The third-order valence-corrected chi connectivity index (χ3v) is 3.69. The Kier molecular flexibility index (Phi) is 3.71. The number of hydrogen-bond acceptors (Lipinski definition) is 4. The van der Waals surface area contributed by atoms with Crippen LogP contribution >= 0.6 is 0 Å². The summed E-state index contributed by atoms with van der Waals surface area (Å²) in [5.41, 5.74) is 0.976. The molecule has 1 aromatic carbocycles. The molecule has 19 heavy (non-hydrogen) atoms. The molecule has 0 aliphatic rings. The van der Waals surface area contributed by atoms with Gasteiger partial charge in [-0.3, -0.25) is 0 Å². The monoisotopic (exact) mass is 280 g/mol. The van der Waals surface area contributed by atoms with Crippen LogP contribution in [0, 0.1) is 6.92 Å². The first-order valence-corrected chi connectivity index (χ1v) is 7.00. The molecule has 0 aliphatic carbocycles. The van der Waals surface area contributed by atoms with Gasteiger partial charge >= 0.3 is 16.0 Å². The van der Waals surface area contributed by atoms with Crippen LogP contribution in [-0.4, -0.2) is 15.5 Å². The number of rotatable bonds is 4. The number of nitrogens with zero attached hydrogens (tertiary/aromatic N) is 1. The minimum absolute atomic E-state index is 0.0940. The molecule has 6 heteroatoms. The van der Waals surface area contributed by atoms with Crippen molar-refractivity contribution in [3.8, 4) is 5.88 Å². The van der Waals surface area contributed by atoms with Crippen molar-refractivity contribution >= 4 is 10.1 Å². The molecule has 5 nitrogen and oxygen atoms in total. The number of benzene rings is 1. The van der Waals surface area contributed by atoms with E-state index in [2.05, 4.69) is 0 Å². The van der Waals surface area contributed by atoms with Gasteiger partial charge in [0.25, 0.3) is 0 Å². The Morgan fingerprint density at radius 3 is 2.37 bits per heavy atom. The maximum atomic E-state index is 12.1. The molecule has 1 aromatic heterocycles. The standard InChI is InChI=1S/C13H14NO4S/c1-11-6-8-12(9-7-11)19(15,16)18-14-10-4-3-5-13(14)17-2/h3-10H,1-2H3/q+1. The molecule has 0 atom stereocenters. The van der Waals surface area contributed by atoms with Gasteiger partial charge in [0.2, 0.25) is 6.20 Å². The van der Waals surface area contributed by atoms with Crippen LogP contribution in [0.3, 0.4) is 0 Å². The number of aromatic nitrogens is 1. The molecular weight excluding hydrogens is 266 g/mol. The molecule has 0 bridgehead atoms. The minimum Gasteiger partial charge on any atom is -0.445 e. The van der Waals surface area contributed by atoms with Crippen LogP contribution in [0.2, 0.25) is 0 Å².